The van der Waals surface area contributed by atoms with Gasteiger partial charge < -0.3 is 5.73 Å². The molecule has 4 heteroatoms. The monoisotopic (exact) mass is 322 g/mol. The summed E-state index contributed by atoms with van der Waals surface area (Å²) in [6, 6.07) is 9.06. The second-order valence-electron chi connectivity index (χ2n) is 4.57. The van der Waals surface area contributed by atoms with Gasteiger partial charge in [-0.15, -0.1) is 0 Å². The first-order chi connectivity index (χ1) is 9.16. The van der Waals surface area contributed by atoms with E-state index < -0.39 is 0 Å². The molecule has 2 aromatic rings. The average Bonchev–Trinajstić information content (AvgIpc) is 2.43. The lowest BCUT2D eigenvalue weighted by Crippen LogP contribution is -2.23. The van der Waals surface area contributed by atoms with Crippen molar-refractivity contribution in [2.75, 3.05) is 0 Å². The van der Waals surface area contributed by atoms with Crippen LogP contribution in [0.2, 0.25) is 0 Å². The van der Waals surface area contributed by atoms with Crippen LogP contribution in [0.3, 0.4) is 0 Å². The first-order valence-corrected chi connectivity index (χ1v) is 7.03. The normalized spacial score (nSPS) is 12.4. The molecule has 100 valence electrons. The van der Waals surface area contributed by atoms with E-state index in [1.165, 1.54) is 11.6 Å². The van der Waals surface area contributed by atoms with Crippen molar-refractivity contribution in [1.82, 2.24) is 4.98 Å². The van der Waals surface area contributed by atoms with Gasteiger partial charge in [-0.05, 0) is 64.5 Å². The van der Waals surface area contributed by atoms with E-state index in [1.807, 2.05) is 18.2 Å². The number of aromatic nitrogens is 1. The van der Waals surface area contributed by atoms with Crippen LogP contribution in [0.25, 0.3) is 0 Å². The van der Waals surface area contributed by atoms with Crippen LogP contribution in [0.4, 0.5) is 4.39 Å². The second-order valence-corrected chi connectivity index (χ2v) is 5.36. The molecule has 1 aromatic heterocycles. The molecule has 0 fully saturated rings. The van der Waals surface area contributed by atoms with E-state index in [-0.39, 0.29) is 11.9 Å². The van der Waals surface area contributed by atoms with Crippen molar-refractivity contribution in [2.24, 2.45) is 5.73 Å². The Morgan fingerprint density at radius 3 is 2.68 bits per heavy atom. The fourth-order valence-corrected chi connectivity index (χ4v) is 2.42. The first-order valence-electron chi connectivity index (χ1n) is 6.24. The van der Waals surface area contributed by atoms with Gasteiger partial charge in [-0.2, -0.15) is 0 Å². The molecule has 1 atom stereocenters. The highest BCUT2D eigenvalue weighted by Gasteiger charge is 2.10. The van der Waals surface area contributed by atoms with E-state index in [1.54, 1.807) is 18.5 Å². The summed E-state index contributed by atoms with van der Waals surface area (Å²) in [5, 5.41) is 0. The van der Waals surface area contributed by atoms with Crippen LogP contribution >= 0.6 is 15.9 Å². The van der Waals surface area contributed by atoms with Crippen molar-refractivity contribution in [3.63, 3.8) is 0 Å². The molecule has 0 radical (unpaired) electrons. The molecule has 0 aliphatic carbocycles. The third-order valence-electron chi connectivity index (χ3n) is 3.07. The predicted molar refractivity (Wildman–Crippen MR) is 78.3 cm³/mol. The largest absolute Gasteiger partial charge is 0.327 e. The Morgan fingerprint density at radius 1 is 1.21 bits per heavy atom. The summed E-state index contributed by atoms with van der Waals surface area (Å²) in [6.07, 6.45) is 6.01. The molecule has 0 saturated heterocycles. The standard InChI is InChI=1S/C15H16BrFN2/c16-15-12(2-1-3-14(15)17)10-13(18)5-4-11-6-8-19-9-7-11/h1-3,6-9,13H,4-5,10,18H2. The SMILES string of the molecule is NC(CCc1ccncc1)Cc1cccc(F)c1Br. The maximum absolute atomic E-state index is 13.4. The molecule has 2 rings (SSSR count). The summed E-state index contributed by atoms with van der Waals surface area (Å²) in [5.74, 6) is -0.237. The summed E-state index contributed by atoms with van der Waals surface area (Å²) in [6.45, 7) is 0. The minimum atomic E-state index is -0.237. The molecule has 2 nitrogen and oxygen atoms in total. The van der Waals surface area contributed by atoms with Gasteiger partial charge in [-0.3, -0.25) is 4.98 Å². The second kappa shape index (κ2) is 6.78. The third kappa shape index (κ3) is 4.11. The number of nitrogens with two attached hydrogens (primary N) is 1. The van der Waals surface area contributed by atoms with Crippen LogP contribution in [0, 0.1) is 5.82 Å². The average molecular weight is 323 g/mol. The topological polar surface area (TPSA) is 38.9 Å². The Balaban J connectivity index is 1.91. The molecule has 0 saturated carbocycles. The summed E-state index contributed by atoms with van der Waals surface area (Å²) < 4.78 is 13.9. The van der Waals surface area contributed by atoms with Crippen LogP contribution in [0.1, 0.15) is 17.5 Å². The van der Waals surface area contributed by atoms with Gasteiger partial charge >= 0.3 is 0 Å². The number of hydrogen-bond acceptors (Lipinski definition) is 2. The third-order valence-corrected chi connectivity index (χ3v) is 3.95. The number of rotatable bonds is 5. The Morgan fingerprint density at radius 2 is 1.95 bits per heavy atom. The van der Waals surface area contributed by atoms with Crippen molar-refractivity contribution in [2.45, 2.75) is 25.3 Å². The van der Waals surface area contributed by atoms with Gasteiger partial charge in [-0.1, -0.05) is 12.1 Å². The maximum atomic E-state index is 13.4. The molecule has 1 heterocycles. The van der Waals surface area contributed by atoms with E-state index in [2.05, 4.69) is 20.9 Å². The molecule has 0 aliphatic heterocycles. The van der Waals surface area contributed by atoms with Crippen LogP contribution in [0.15, 0.2) is 47.2 Å². The molecule has 0 spiro atoms. The molecule has 1 unspecified atom stereocenters. The molecule has 0 bridgehead atoms. The summed E-state index contributed by atoms with van der Waals surface area (Å²) in [7, 11) is 0. The van der Waals surface area contributed by atoms with Crippen molar-refractivity contribution in [3.05, 3.63) is 64.1 Å². The minimum Gasteiger partial charge on any atom is -0.327 e. The summed E-state index contributed by atoms with van der Waals surface area (Å²) in [5.41, 5.74) is 8.26. The van der Waals surface area contributed by atoms with E-state index in [9.17, 15) is 4.39 Å². The van der Waals surface area contributed by atoms with Gasteiger partial charge in [0.1, 0.15) is 5.82 Å². The molecule has 19 heavy (non-hydrogen) atoms. The molecular weight excluding hydrogens is 307 g/mol. The van der Waals surface area contributed by atoms with E-state index in [0.717, 1.165) is 18.4 Å². The van der Waals surface area contributed by atoms with Gasteiger partial charge in [0.25, 0.3) is 0 Å². The number of nitrogens with zero attached hydrogens (tertiary/aromatic N) is 1. The molecule has 2 N–H and O–H groups in total. The zero-order valence-corrected chi connectivity index (χ0v) is 12.1. The van der Waals surface area contributed by atoms with Gasteiger partial charge in [-0.25, -0.2) is 4.39 Å². The highest BCUT2D eigenvalue weighted by Crippen LogP contribution is 2.22. The van der Waals surface area contributed by atoms with E-state index in [4.69, 9.17) is 5.73 Å². The number of hydrogen-bond donors (Lipinski definition) is 1. The van der Waals surface area contributed by atoms with E-state index >= 15 is 0 Å². The predicted octanol–water partition coefficient (Wildman–Crippen LogP) is 3.49. The molecular formula is C15H16BrFN2. The van der Waals surface area contributed by atoms with Crippen LogP contribution in [-0.4, -0.2) is 11.0 Å². The summed E-state index contributed by atoms with van der Waals surface area (Å²) in [4.78, 5) is 3.98. The zero-order chi connectivity index (χ0) is 13.7. The Hall–Kier alpha value is -1.26. The lowest BCUT2D eigenvalue weighted by Gasteiger charge is -2.13. The quantitative estimate of drug-likeness (QED) is 0.915. The maximum Gasteiger partial charge on any atom is 0.137 e. The van der Waals surface area contributed by atoms with Crippen molar-refractivity contribution < 1.29 is 4.39 Å². The lowest BCUT2D eigenvalue weighted by atomic mass is 10.0. The minimum absolute atomic E-state index is 0.0197. The van der Waals surface area contributed by atoms with Gasteiger partial charge in [0.2, 0.25) is 0 Å². The molecule has 0 aliphatic rings. The Kier molecular flexibility index (Phi) is 5.05. The van der Waals surface area contributed by atoms with Crippen LogP contribution < -0.4 is 5.73 Å². The number of halogens is 2. The number of aryl methyl sites for hydroxylation is 1. The van der Waals surface area contributed by atoms with Crippen LogP contribution in [-0.2, 0) is 12.8 Å². The highest BCUT2D eigenvalue weighted by atomic mass is 79.9. The smallest absolute Gasteiger partial charge is 0.137 e. The van der Waals surface area contributed by atoms with Gasteiger partial charge in [0, 0.05) is 18.4 Å². The number of benzene rings is 1. The van der Waals surface area contributed by atoms with Crippen molar-refractivity contribution in [3.8, 4) is 0 Å². The van der Waals surface area contributed by atoms with E-state index in [0.29, 0.717) is 10.9 Å². The van der Waals surface area contributed by atoms with Gasteiger partial charge in [0.05, 0.1) is 4.47 Å². The van der Waals surface area contributed by atoms with Crippen LogP contribution in [0.5, 0.6) is 0 Å². The highest BCUT2D eigenvalue weighted by molar-refractivity contribution is 9.10. The first kappa shape index (κ1) is 14.2. The van der Waals surface area contributed by atoms with Crippen molar-refractivity contribution in [1.29, 1.82) is 0 Å². The fourth-order valence-electron chi connectivity index (χ4n) is 1.99. The Labute approximate surface area is 121 Å². The number of pyridine rings is 1. The molecule has 0 amide bonds. The zero-order valence-electron chi connectivity index (χ0n) is 10.5. The fraction of sp³-hybridized carbons (Fsp3) is 0.267. The van der Waals surface area contributed by atoms with Crippen molar-refractivity contribution >= 4 is 15.9 Å². The summed E-state index contributed by atoms with van der Waals surface area (Å²) >= 11 is 3.27. The lowest BCUT2D eigenvalue weighted by molar-refractivity contribution is 0.593. The Bertz CT molecular complexity index is 531. The van der Waals surface area contributed by atoms with Gasteiger partial charge in [0.15, 0.2) is 0 Å². The molecule has 1 aromatic carbocycles.